The van der Waals surface area contributed by atoms with E-state index in [1.165, 1.54) is 0 Å². The number of benzene rings is 1. The normalized spacial score (nSPS) is 21.0. The molecule has 1 unspecified atom stereocenters. The number of nitrogens with one attached hydrogen (secondary N) is 2. The number of carbonyl (C=O) groups excluding carboxylic acids is 2. The lowest BCUT2D eigenvalue weighted by atomic mass is 10.0. The van der Waals surface area contributed by atoms with Gasteiger partial charge in [-0.15, -0.1) is 0 Å². The zero-order valence-corrected chi connectivity index (χ0v) is 14.8. The van der Waals surface area contributed by atoms with Gasteiger partial charge >= 0.3 is 0 Å². The molecule has 1 aliphatic carbocycles. The van der Waals surface area contributed by atoms with Gasteiger partial charge in [-0.3, -0.25) is 9.59 Å². The van der Waals surface area contributed by atoms with Gasteiger partial charge < -0.3 is 20.1 Å². The topological polar surface area (TPSA) is 76.7 Å². The van der Waals surface area contributed by atoms with E-state index in [4.69, 9.17) is 9.47 Å². The van der Waals surface area contributed by atoms with Crippen molar-refractivity contribution in [3.8, 4) is 5.75 Å². The van der Waals surface area contributed by atoms with Crippen LogP contribution in [-0.2, 0) is 14.3 Å². The monoisotopic (exact) mass is 346 g/mol. The predicted octanol–water partition coefficient (Wildman–Crippen LogP) is 2.49. The molecule has 3 rings (SSSR count). The molecule has 25 heavy (non-hydrogen) atoms. The lowest BCUT2D eigenvalue weighted by Crippen LogP contribution is -2.42. The van der Waals surface area contributed by atoms with Crippen LogP contribution in [0.5, 0.6) is 5.75 Å². The molecular formula is C19H26N2O4. The van der Waals surface area contributed by atoms with Crippen LogP contribution in [0.4, 0.5) is 5.69 Å². The Bertz CT molecular complexity index is 617. The van der Waals surface area contributed by atoms with Crippen molar-refractivity contribution >= 4 is 17.5 Å². The summed E-state index contributed by atoms with van der Waals surface area (Å²) in [7, 11) is 0. The second-order valence-electron chi connectivity index (χ2n) is 7.07. The largest absolute Gasteiger partial charge is 0.491 e. The molecule has 136 valence electrons. The maximum atomic E-state index is 12.6. The first-order chi connectivity index (χ1) is 12.0. The number of carbonyl (C=O) groups is 2. The molecular weight excluding hydrogens is 320 g/mol. The quantitative estimate of drug-likeness (QED) is 0.744. The zero-order valence-electron chi connectivity index (χ0n) is 14.8. The van der Waals surface area contributed by atoms with Crippen LogP contribution >= 0.6 is 0 Å². The molecule has 0 bridgehead atoms. The molecule has 1 aromatic rings. The van der Waals surface area contributed by atoms with Crippen molar-refractivity contribution in [1.29, 1.82) is 0 Å². The number of rotatable bonds is 7. The van der Waals surface area contributed by atoms with Gasteiger partial charge in [-0.05, 0) is 63.8 Å². The van der Waals surface area contributed by atoms with Crippen molar-refractivity contribution < 1.29 is 19.1 Å². The molecule has 0 aromatic heterocycles. The Morgan fingerprint density at radius 2 is 1.96 bits per heavy atom. The van der Waals surface area contributed by atoms with Crippen molar-refractivity contribution in [3.63, 3.8) is 0 Å². The van der Waals surface area contributed by atoms with Crippen LogP contribution in [-0.4, -0.2) is 37.2 Å². The van der Waals surface area contributed by atoms with Gasteiger partial charge in [-0.1, -0.05) is 0 Å². The Balaban J connectivity index is 1.53. The Kier molecular flexibility index (Phi) is 5.27. The molecule has 1 heterocycles. The lowest BCUT2D eigenvalue weighted by Gasteiger charge is -2.17. The summed E-state index contributed by atoms with van der Waals surface area (Å²) in [5.41, 5.74) is -0.259. The third kappa shape index (κ3) is 4.31. The van der Waals surface area contributed by atoms with E-state index in [1.54, 1.807) is 12.1 Å². The molecule has 1 aliphatic heterocycles. The summed E-state index contributed by atoms with van der Waals surface area (Å²) in [4.78, 5) is 25.0. The third-order valence-electron chi connectivity index (χ3n) is 4.62. The Morgan fingerprint density at radius 1 is 1.24 bits per heavy atom. The van der Waals surface area contributed by atoms with E-state index in [0.29, 0.717) is 25.1 Å². The molecule has 2 fully saturated rings. The summed E-state index contributed by atoms with van der Waals surface area (Å²) in [6.07, 6.45) is 3.35. The minimum atomic E-state index is -0.925. The predicted molar refractivity (Wildman–Crippen MR) is 94.5 cm³/mol. The number of anilines is 1. The van der Waals surface area contributed by atoms with Gasteiger partial charge in [0.05, 0.1) is 12.2 Å². The van der Waals surface area contributed by atoms with Gasteiger partial charge in [0.1, 0.15) is 11.2 Å². The van der Waals surface area contributed by atoms with Crippen LogP contribution in [0, 0.1) is 5.41 Å². The van der Waals surface area contributed by atoms with Crippen LogP contribution in [0.3, 0.4) is 0 Å². The Labute approximate surface area is 148 Å². The van der Waals surface area contributed by atoms with E-state index >= 15 is 0 Å². The average Bonchev–Trinajstić information content (AvgIpc) is 3.24. The molecule has 2 amide bonds. The fraction of sp³-hybridized carbons (Fsp3) is 0.579. The molecule has 6 heteroatoms. The van der Waals surface area contributed by atoms with E-state index < -0.39 is 5.41 Å². The van der Waals surface area contributed by atoms with Gasteiger partial charge in [0.2, 0.25) is 11.8 Å². The molecule has 1 saturated heterocycles. The van der Waals surface area contributed by atoms with Crippen molar-refractivity contribution in [1.82, 2.24) is 5.32 Å². The van der Waals surface area contributed by atoms with Crippen molar-refractivity contribution in [2.24, 2.45) is 5.41 Å². The fourth-order valence-electron chi connectivity index (χ4n) is 3.00. The second kappa shape index (κ2) is 7.44. The zero-order chi connectivity index (χ0) is 17.9. The minimum absolute atomic E-state index is 0.0799. The Morgan fingerprint density at radius 3 is 2.52 bits per heavy atom. The highest BCUT2D eigenvalue weighted by atomic mass is 16.5. The fourth-order valence-corrected chi connectivity index (χ4v) is 3.00. The summed E-state index contributed by atoms with van der Waals surface area (Å²) in [5, 5.41) is 5.73. The van der Waals surface area contributed by atoms with Gasteiger partial charge in [0.25, 0.3) is 0 Å². The smallest absolute Gasteiger partial charge is 0.240 e. The number of hydrogen-bond acceptors (Lipinski definition) is 4. The average molecular weight is 346 g/mol. The van der Waals surface area contributed by atoms with Crippen molar-refractivity contribution in [2.75, 3.05) is 18.5 Å². The summed E-state index contributed by atoms with van der Waals surface area (Å²) in [6.45, 7) is 5.15. The SMILES string of the molecule is CC(C)Oc1ccc(NC(=O)C2(C(=O)NCC3CCCO3)CC2)cc1. The lowest BCUT2D eigenvalue weighted by molar-refractivity contribution is -0.134. The molecule has 6 nitrogen and oxygen atoms in total. The van der Waals surface area contributed by atoms with Crippen molar-refractivity contribution in [3.05, 3.63) is 24.3 Å². The van der Waals surface area contributed by atoms with E-state index in [-0.39, 0.29) is 24.0 Å². The van der Waals surface area contributed by atoms with Gasteiger partial charge in [-0.2, -0.15) is 0 Å². The van der Waals surface area contributed by atoms with Crippen LogP contribution in [0.25, 0.3) is 0 Å². The maximum absolute atomic E-state index is 12.6. The molecule has 0 spiro atoms. The molecule has 1 saturated carbocycles. The van der Waals surface area contributed by atoms with Gasteiger partial charge in [0.15, 0.2) is 0 Å². The summed E-state index contributed by atoms with van der Waals surface area (Å²) in [5.74, 6) is 0.318. The van der Waals surface area contributed by atoms with Gasteiger partial charge in [-0.25, -0.2) is 0 Å². The molecule has 1 atom stereocenters. The molecule has 0 radical (unpaired) electrons. The molecule has 2 N–H and O–H groups in total. The van der Waals surface area contributed by atoms with E-state index in [1.807, 2.05) is 26.0 Å². The van der Waals surface area contributed by atoms with E-state index in [2.05, 4.69) is 10.6 Å². The third-order valence-corrected chi connectivity index (χ3v) is 4.62. The second-order valence-corrected chi connectivity index (χ2v) is 7.07. The standard InChI is InChI=1S/C19H26N2O4/c1-13(2)25-15-7-5-14(6-8-15)21-18(23)19(9-10-19)17(22)20-12-16-4-3-11-24-16/h5-8,13,16H,3-4,9-12H2,1-2H3,(H,20,22)(H,21,23). The highest BCUT2D eigenvalue weighted by Gasteiger charge is 2.56. The molecule has 2 aliphatic rings. The maximum Gasteiger partial charge on any atom is 0.240 e. The molecule has 1 aromatic carbocycles. The van der Waals surface area contributed by atoms with Crippen molar-refractivity contribution in [2.45, 2.75) is 51.7 Å². The Hall–Kier alpha value is -2.08. The van der Waals surface area contributed by atoms with Crippen LogP contribution in [0.15, 0.2) is 24.3 Å². The minimum Gasteiger partial charge on any atom is -0.491 e. The van der Waals surface area contributed by atoms with Crippen LogP contribution < -0.4 is 15.4 Å². The highest BCUT2D eigenvalue weighted by molar-refractivity contribution is 6.13. The number of amides is 2. The highest BCUT2D eigenvalue weighted by Crippen LogP contribution is 2.46. The first-order valence-electron chi connectivity index (χ1n) is 8.98. The van der Waals surface area contributed by atoms with E-state index in [9.17, 15) is 9.59 Å². The van der Waals surface area contributed by atoms with E-state index in [0.717, 1.165) is 25.2 Å². The summed E-state index contributed by atoms with van der Waals surface area (Å²) in [6, 6.07) is 7.20. The number of hydrogen-bond donors (Lipinski definition) is 2. The van der Waals surface area contributed by atoms with Gasteiger partial charge in [0, 0.05) is 18.8 Å². The van der Waals surface area contributed by atoms with Crippen LogP contribution in [0.1, 0.15) is 39.5 Å². The van der Waals surface area contributed by atoms with Crippen LogP contribution in [0.2, 0.25) is 0 Å². The summed E-state index contributed by atoms with van der Waals surface area (Å²) < 4.78 is 11.1. The first-order valence-corrected chi connectivity index (χ1v) is 8.98. The summed E-state index contributed by atoms with van der Waals surface area (Å²) >= 11 is 0. The first kappa shape index (κ1) is 17.7. The number of ether oxygens (including phenoxy) is 2.